The number of hydrogen-bond acceptors (Lipinski definition) is 4. The maximum absolute atomic E-state index is 10.6. The van der Waals surface area contributed by atoms with E-state index in [4.69, 9.17) is 10.00 Å². The summed E-state index contributed by atoms with van der Waals surface area (Å²) in [7, 11) is 0. The minimum absolute atomic E-state index is 0.121. The van der Waals surface area contributed by atoms with Crippen molar-refractivity contribution in [3.8, 4) is 6.07 Å². The number of rotatable bonds is 3. The van der Waals surface area contributed by atoms with Gasteiger partial charge in [0.25, 0.3) is 0 Å². The maximum atomic E-state index is 10.6. The van der Waals surface area contributed by atoms with Gasteiger partial charge in [0.15, 0.2) is 0 Å². The Morgan fingerprint density at radius 1 is 1.22 bits per heavy atom. The molecule has 4 nitrogen and oxygen atoms in total. The third-order valence-electron chi connectivity index (χ3n) is 5.54. The lowest BCUT2D eigenvalue weighted by molar-refractivity contribution is -0.179. The van der Waals surface area contributed by atoms with Gasteiger partial charge >= 0.3 is 0 Å². The predicted molar refractivity (Wildman–Crippen MR) is 88.8 cm³/mol. The van der Waals surface area contributed by atoms with E-state index in [9.17, 15) is 5.11 Å². The van der Waals surface area contributed by atoms with Crippen LogP contribution in [0.4, 0.5) is 0 Å². The number of likely N-dealkylation sites (tertiary alicyclic amines) is 1. The monoisotopic (exact) mass is 314 g/mol. The third kappa shape index (κ3) is 3.74. The molecule has 0 amide bonds. The van der Waals surface area contributed by atoms with Gasteiger partial charge in [-0.3, -0.25) is 4.90 Å². The van der Waals surface area contributed by atoms with E-state index >= 15 is 0 Å². The lowest BCUT2D eigenvalue weighted by Crippen LogP contribution is -2.54. The van der Waals surface area contributed by atoms with Crippen molar-refractivity contribution < 1.29 is 9.84 Å². The fourth-order valence-electron chi connectivity index (χ4n) is 3.88. The molecule has 124 valence electrons. The number of aliphatic hydroxyl groups is 1. The molecule has 1 spiro atoms. The van der Waals surface area contributed by atoms with Gasteiger partial charge in [-0.25, -0.2) is 0 Å². The van der Waals surface area contributed by atoms with Gasteiger partial charge in [-0.15, -0.1) is 0 Å². The summed E-state index contributed by atoms with van der Waals surface area (Å²) in [4.78, 5) is 2.44. The van der Waals surface area contributed by atoms with Crippen LogP contribution in [0.1, 0.15) is 50.2 Å². The first kappa shape index (κ1) is 16.4. The second-order valence-electron chi connectivity index (χ2n) is 7.12. The summed E-state index contributed by atoms with van der Waals surface area (Å²) >= 11 is 0. The molecule has 0 saturated carbocycles. The van der Waals surface area contributed by atoms with Crippen molar-refractivity contribution in [2.24, 2.45) is 0 Å². The van der Waals surface area contributed by atoms with Crippen LogP contribution in [0.2, 0.25) is 0 Å². The minimum atomic E-state index is -0.534. The largest absolute Gasteiger partial charge is 0.390 e. The topological polar surface area (TPSA) is 56.5 Å². The number of piperidine rings is 1. The van der Waals surface area contributed by atoms with Gasteiger partial charge in [0.05, 0.1) is 29.4 Å². The minimum Gasteiger partial charge on any atom is -0.390 e. The van der Waals surface area contributed by atoms with E-state index < -0.39 is 5.60 Å². The molecule has 23 heavy (non-hydrogen) atoms. The van der Waals surface area contributed by atoms with E-state index in [1.807, 2.05) is 24.3 Å². The average molecular weight is 314 g/mol. The zero-order chi connectivity index (χ0) is 16.3. The zero-order valence-corrected chi connectivity index (χ0v) is 13.9. The molecule has 3 rings (SSSR count). The van der Waals surface area contributed by atoms with Crippen LogP contribution in [0.25, 0.3) is 0 Å². The van der Waals surface area contributed by atoms with E-state index in [2.05, 4.69) is 17.9 Å². The van der Waals surface area contributed by atoms with Crippen molar-refractivity contribution in [3.05, 3.63) is 35.4 Å². The molecule has 1 aromatic rings. The van der Waals surface area contributed by atoms with Crippen molar-refractivity contribution in [1.82, 2.24) is 4.90 Å². The van der Waals surface area contributed by atoms with Crippen LogP contribution in [-0.2, 0) is 11.3 Å². The van der Waals surface area contributed by atoms with Crippen LogP contribution < -0.4 is 0 Å². The summed E-state index contributed by atoms with van der Waals surface area (Å²) in [5, 5.41) is 19.5. The number of ether oxygens (including phenoxy) is 1. The molecule has 2 aliphatic rings. The fraction of sp³-hybridized carbons (Fsp3) is 0.632. The molecule has 2 aliphatic heterocycles. The quantitative estimate of drug-likeness (QED) is 0.932. The third-order valence-corrected chi connectivity index (χ3v) is 5.54. The molecule has 0 radical (unpaired) electrons. The second kappa shape index (κ2) is 6.60. The second-order valence-corrected chi connectivity index (χ2v) is 7.12. The first-order valence-corrected chi connectivity index (χ1v) is 8.64. The van der Waals surface area contributed by atoms with E-state index in [1.165, 1.54) is 5.56 Å². The van der Waals surface area contributed by atoms with Gasteiger partial charge in [0.2, 0.25) is 0 Å². The number of nitrogens with zero attached hydrogens (tertiary/aromatic N) is 2. The summed E-state index contributed by atoms with van der Waals surface area (Å²) in [5.41, 5.74) is 1.30. The first-order chi connectivity index (χ1) is 11.1. The van der Waals surface area contributed by atoms with Crippen molar-refractivity contribution in [1.29, 1.82) is 5.26 Å². The Bertz CT molecular complexity index is 570. The summed E-state index contributed by atoms with van der Waals surface area (Å²) in [6.07, 6.45) is 4.34. The molecule has 2 saturated heterocycles. The van der Waals surface area contributed by atoms with Crippen molar-refractivity contribution >= 4 is 0 Å². The summed E-state index contributed by atoms with van der Waals surface area (Å²) < 4.78 is 6.11. The molecular formula is C19H26N2O2. The highest BCUT2D eigenvalue weighted by Gasteiger charge is 2.45. The van der Waals surface area contributed by atoms with Gasteiger partial charge < -0.3 is 9.84 Å². The van der Waals surface area contributed by atoms with E-state index in [-0.39, 0.29) is 5.60 Å². The molecule has 0 bridgehead atoms. The molecule has 0 aromatic heterocycles. The molecule has 0 aliphatic carbocycles. The van der Waals surface area contributed by atoms with Crippen molar-refractivity contribution in [2.45, 2.75) is 56.8 Å². The highest BCUT2D eigenvalue weighted by Crippen LogP contribution is 2.41. The zero-order valence-electron chi connectivity index (χ0n) is 13.9. The average Bonchev–Trinajstić information content (AvgIpc) is 2.58. The molecule has 1 unspecified atom stereocenters. The predicted octanol–water partition coefficient (Wildman–Crippen LogP) is 2.84. The highest BCUT2D eigenvalue weighted by atomic mass is 16.5. The lowest BCUT2D eigenvalue weighted by atomic mass is 9.76. The summed E-state index contributed by atoms with van der Waals surface area (Å²) in [6, 6.07) is 9.99. The van der Waals surface area contributed by atoms with Crippen molar-refractivity contribution in [3.63, 3.8) is 0 Å². The fourth-order valence-corrected chi connectivity index (χ4v) is 3.88. The molecule has 1 N–H and O–H groups in total. The highest BCUT2D eigenvalue weighted by molar-refractivity contribution is 5.31. The summed E-state index contributed by atoms with van der Waals surface area (Å²) in [5.74, 6) is 0. The Balaban J connectivity index is 1.56. The number of nitriles is 1. The number of benzene rings is 1. The molecule has 1 atom stereocenters. The maximum Gasteiger partial charge on any atom is 0.0991 e. The van der Waals surface area contributed by atoms with Gasteiger partial charge in [-0.05, 0) is 43.4 Å². The Kier molecular flexibility index (Phi) is 4.72. The molecule has 1 aromatic carbocycles. The Morgan fingerprint density at radius 2 is 1.91 bits per heavy atom. The lowest BCUT2D eigenvalue weighted by Gasteiger charge is -2.49. The number of hydrogen-bond donors (Lipinski definition) is 1. The first-order valence-electron chi connectivity index (χ1n) is 8.64. The molecular weight excluding hydrogens is 288 g/mol. The Hall–Kier alpha value is -1.41. The van der Waals surface area contributed by atoms with Crippen LogP contribution in [0.3, 0.4) is 0 Å². The van der Waals surface area contributed by atoms with E-state index in [0.717, 1.165) is 51.7 Å². The van der Waals surface area contributed by atoms with Gasteiger partial charge in [0.1, 0.15) is 0 Å². The van der Waals surface area contributed by atoms with Gasteiger partial charge in [-0.2, -0.15) is 5.26 Å². The molecule has 2 heterocycles. The van der Waals surface area contributed by atoms with E-state index in [1.54, 1.807) is 0 Å². The van der Waals surface area contributed by atoms with Crippen LogP contribution >= 0.6 is 0 Å². The van der Waals surface area contributed by atoms with Gasteiger partial charge in [0, 0.05) is 26.1 Å². The van der Waals surface area contributed by atoms with Gasteiger partial charge in [-0.1, -0.05) is 19.1 Å². The SMILES string of the molecule is CCC1(O)CCOC2(CCN(Cc3ccc(C#N)cc3)CC2)C1. The normalized spacial score (nSPS) is 27.7. The Labute approximate surface area is 138 Å². The van der Waals surface area contributed by atoms with E-state index in [0.29, 0.717) is 12.2 Å². The van der Waals surface area contributed by atoms with Crippen LogP contribution in [0.15, 0.2) is 24.3 Å². The Morgan fingerprint density at radius 3 is 2.52 bits per heavy atom. The molecule has 2 fully saturated rings. The summed E-state index contributed by atoms with van der Waals surface area (Å²) in [6.45, 7) is 5.67. The smallest absolute Gasteiger partial charge is 0.0991 e. The van der Waals surface area contributed by atoms with Crippen LogP contribution in [0, 0.1) is 11.3 Å². The van der Waals surface area contributed by atoms with Crippen LogP contribution in [-0.4, -0.2) is 40.9 Å². The molecule has 4 heteroatoms. The van der Waals surface area contributed by atoms with Crippen LogP contribution in [0.5, 0.6) is 0 Å². The standard InChI is InChI=1S/C19H26N2O2/c1-2-18(22)9-12-23-19(15-18)7-10-21(11-8-19)14-17-5-3-16(13-20)4-6-17/h3-6,22H,2,7-12,14-15H2,1H3. The van der Waals surface area contributed by atoms with Crippen molar-refractivity contribution in [2.75, 3.05) is 19.7 Å².